The first-order valence-electron chi connectivity index (χ1n) is 11.3. The number of hydrogen-bond donors (Lipinski definition) is 0. The fourth-order valence-corrected chi connectivity index (χ4v) is 3.97. The van der Waals surface area contributed by atoms with Crippen molar-refractivity contribution in [1.82, 2.24) is 0 Å². The Morgan fingerprint density at radius 3 is 2.03 bits per heavy atom. The molecule has 0 unspecified atom stereocenters. The van der Waals surface area contributed by atoms with Gasteiger partial charge in [-0.25, -0.2) is 0 Å². The van der Waals surface area contributed by atoms with Gasteiger partial charge in [-0.3, -0.25) is 4.79 Å². The van der Waals surface area contributed by atoms with Crippen molar-refractivity contribution in [3.63, 3.8) is 0 Å². The highest BCUT2D eigenvalue weighted by Crippen LogP contribution is 2.37. The van der Waals surface area contributed by atoms with Gasteiger partial charge in [-0.2, -0.15) is 0 Å². The Labute approximate surface area is 206 Å². The smallest absolute Gasteiger partial charge is 0.313 e. The molecular formula is C27H40INO2. The molecule has 0 aliphatic heterocycles. The van der Waals surface area contributed by atoms with E-state index in [0.717, 1.165) is 23.0 Å². The van der Waals surface area contributed by atoms with Crippen molar-refractivity contribution < 1.29 is 38.0 Å². The average Bonchev–Trinajstić information content (AvgIpc) is 2.70. The van der Waals surface area contributed by atoms with E-state index in [0.29, 0.717) is 17.8 Å². The Morgan fingerprint density at radius 1 is 0.935 bits per heavy atom. The number of esters is 1. The molecule has 0 aliphatic rings. The van der Waals surface area contributed by atoms with E-state index in [-0.39, 0.29) is 41.8 Å². The molecule has 2 rings (SSSR count). The summed E-state index contributed by atoms with van der Waals surface area (Å²) < 4.78 is 6.86. The number of halogens is 1. The highest BCUT2D eigenvalue weighted by Gasteiger charge is 2.32. The van der Waals surface area contributed by atoms with E-state index in [2.05, 4.69) is 78.1 Å². The first kappa shape index (κ1) is 27.6. The van der Waals surface area contributed by atoms with Crippen LogP contribution in [0.4, 0.5) is 0 Å². The zero-order chi connectivity index (χ0) is 22.5. The van der Waals surface area contributed by atoms with Gasteiger partial charge in [0, 0.05) is 17.9 Å². The lowest BCUT2D eigenvalue weighted by Gasteiger charge is -2.43. The second kappa shape index (κ2) is 12.0. The Kier molecular flexibility index (Phi) is 10.7. The van der Waals surface area contributed by atoms with E-state index in [1.54, 1.807) is 0 Å². The van der Waals surface area contributed by atoms with Crippen LogP contribution in [0.2, 0.25) is 0 Å². The highest BCUT2D eigenvalue weighted by molar-refractivity contribution is 5.75. The number of rotatable bonds is 9. The van der Waals surface area contributed by atoms with E-state index in [9.17, 15) is 4.79 Å². The molecule has 2 aromatic carbocycles. The summed E-state index contributed by atoms with van der Waals surface area (Å²) in [6, 6.07) is 17.9. The average molecular weight is 538 g/mol. The number of benzene rings is 2. The summed E-state index contributed by atoms with van der Waals surface area (Å²) in [6.45, 7) is 16.1. The number of aryl methyl sites for hydroxylation is 1. The third-order valence-electron chi connectivity index (χ3n) is 6.68. The molecule has 0 aromatic heterocycles. The van der Waals surface area contributed by atoms with Crippen LogP contribution in [-0.2, 0) is 4.79 Å². The minimum absolute atomic E-state index is 0. The zero-order valence-electron chi connectivity index (χ0n) is 20.5. The van der Waals surface area contributed by atoms with Crippen molar-refractivity contribution in [2.45, 2.75) is 72.9 Å². The predicted molar refractivity (Wildman–Crippen MR) is 126 cm³/mol. The van der Waals surface area contributed by atoms with E-state index in [4.69, 9.17) is 4.74 Å². The van der Waals surface area contributed by atoms with Gasteiger partial charge in [0.25, 0.3) is 0 Å². The van der Waals surface area contributed by atoms with Crippen molar-refractivity contribution in [2.24, 2.45) is 5.92 Å². The van der Waals surface area contributed by atoms with E-state index in [1.165, 1.54) is 11.1 Å². The summed E-state index contributed by atoms with van der Waals surface area (Å²) in [5, 5.41) is 0. The lowest BCUT2D eigenvalue weighted by atomic mass is 9.86. The van der Waals surface area contributed by atoms with Crippen LogP contribution in [-0.4, -0.2) is 36.1 Å². The van der Waals surface area contributed by atoms with Crippen LogP contribution in [0, 0.1) is 12.8 Å². The maximum atomic E-state index is 12.4. The maximum Gasteiger partial charge on any atom is 0.313 e. The van der Waals surface area contributed by atoms with Gasteiger partial charge in [0.2, 0.25) is 0 Å². The molecule has 2 aromatic rings. The molecule has 1 atom stereocenters. The lowest BCUT2D eigenvalue weighted by molar-refractivity contribution is -0.949. The van der Waals surface area contributed by atoms with Crippen LogP contribution < -0.4 is 28.7 Å². The van der Waals surface area contributed by atoms with Crippen LogP contribution in [0.15, 0.2) is 48.5 Å². The molecule has 0 aliphatic carbocycles. The molecule has 0 saturated heterocycles. The van der Waals surface area contributed by atoms with E-state index in [1.807, 2.05) is 26.0 Å². The summed E-state index contributed by atoms with van der Waals surface area (Å²) >= 11 is 0. The summed E-state index contributed by atoms with van der Waals surface area (Å²) in [5.41, 5.74) is 3.55. The van der Waals surface area contributed by atoms with Gasteiger partial charge in [-0.1, -0.05) is 61.9 Å². The number of ether oxygens (including phenoxy) is 1. The lowest BCUT2D eigenvalue weighted by Crippen LogP contribution is -3.00. The normalized spacial score (nSPS) is 12.7. The van der Waals surface area contributed by atoms with Crippen molar-refractivity contribution in [3.05, 3.63) is 65.2 Å². The van der Waals surface area contributed by atoms with Gasteiger partial charge < -0.3 is 33.2 Å². The van der Waals surface area contributed by atoms with Crippen LogP contribution in [0.5, 0.6) is 5.75 Å². The Hall–Kier alpha value is -1.40. The number of carbonyl (C=O) groups is 1. The number of nitrogens with zero attached hydrogens (tertiary/aromatic N) is 1. The van der Waals surface area contributed by atoms with Crippen molar-refractivity contribution >= 4 is 5.97 Å². The van der Waals surface area contributed by atoms with Crippen LogP contribution in [0.25, 0.3) is 0 Å². The number of carbonyl (C=O) groups excluding carboxylic acids is 1. The molecule has 31 heavy (non-hydrogen) atoms. The molecule has 172 valence electrons. The fourth-order valence-electron chi connectivity index (χ4n) is 3.97. The van der Waals surface area contributed by atoms with Gasteiger partial charge in [0.05, 0.1) is 31.6 Å². The van der Waals surface area contributed by atoms with Gasteiger partial charge in [-0.15, -0.1) is 0 Å². The quantitative estimate of drug-likeness (QED) is 0.212. The van der Waals surface area contributed by atoms with Crippen LogP contribution in [0.1, 0.15) is 70.6 Å². The third kappa shape index (κ3) is 7.04. The van der Waals surface area contributed by atoms with Crippen LogP contribution in [0.3, 0.4) is 0 Å². The summed E-state index contributed by atoms with van der Waals surface area (Å²) in [4.78, 5) is 12.4. The minimum Gasteiger partial charge on any atom is -1.00 e. The fraction of sp³-hybridized carbons (Fsp3) is 0.519. The Bertz CT molecular complexity index is 822. The van der Waals surface area contributed by atoms with Crippen molar-refractivity contribution in [1.29, 1.82) is 0 Å². The van der Waals surface area contributed by atoms with Gasteiger partial charge >= 0.3 is 5.97 Å². The van der Waals surface area contributed by atoms with Crippen molar-refractivity contribution in [3.8, 4) is 5.75 Å². The molecule has 4 heteroatoms. The molecule has 0 fully saturated rings. The molecule has 0 N–H and O–H groups in total. The summed E-state index contributed by atoms with van der Waals surface area (Å²) in [5.74, 6) is 0.528. The van der Waals surface area contributed by atoms with Gasteiger partial charge in [0.1, 0.15) is 5.75 Å². The molecule has 0 bridgehead atoms. The third-order valence-corrected chi connectivity index (χ3v) is 6.68. The Morgan fingerprint density at radius 2 is 1.52 bits per heavy atom. The summed E-state index contributed by atoms with van der Waals surface area (Å²) in [7, 11) is 2.35. The molecule has 0 radical (unpaired) electrons. The maximum absolute atomic E-state index is 12.4. The van der Waals surface area contributed by atoms with Gasteiger partial charge in [0.15, 0.2) is 0 Å². The molecule has 0 amide bonds. The van der Waals surface area contributed by atoms with Gasteiger partial charge in [-0.05, 0) is 46.2 Å². The molecule has 3 nitrogen and oxygen atoms in total. The Balaban J connectivity index is 0.00000480. The number of hydrogen-bond acceptors (Lipinski definition) is 2. The second-order valence-electron chi connectivity index (χ2n) is 9.63. The standard InChI is InChI=1S/C27H40NO2.HI/c1-19(2)27(29)30-26-15-14-22(7)18-25(26)24(23-12-10-9-11-13-23)16-17-28(8,20(3)4)21(5)6;/h9-15,18-21,24H,16-17H2,1-8H3;1H/q+1;/p-1/t24-;/m1./s1. The van der Waals surface area contributed by atoms with E-state index >= 15 is 0 Å². The zero-order valence-corrected chi connectivity index (χ0v) is 22.6. The SMILES string of the molecule is Cc1ccc(OC(=O)C(C)C)c([C@H](CC[N+](C)(C(C)C)C(C)C)c2ccccc2)c1.[I-]. The first-order valence-corrected chi connectivity index (χ1v) is 11.3. The second-order valence-corrected chi connectivity index (χ2v) is 9.63. The van der Waals surface area contributed by atoms with E-state index < -0.39 is 0 Å². The highest BCUT2D eigenvalue weighted by atomic mass is 127. The molecule has 0 spiro atoms. The topological polar surface area (TPSA) is 26.3 Å². The van der Waals surface area contributed by atoms with Crippen molar-refractivity contribution in [2.75, 3.05) is 13.6 Å². The summed E-state index contributed by atoms with van der Waals surface area (Å²) in [6.07, 6.45) is 0.993. The monoisotopic (exact) mass is 537 g/mol. The van der Waals surface area contributed by atoms with Crippen LogP contribution >= 0.6 is 0 Å². The largest absolute Gasteiger partial charge is 1.00 e. The molecule has 0 saturated carbocycles. The number of quaternary nitrogens is 1. The first-order chi connectivity index (χ1) is 14.1. The molecular weight excluding hydrogens is 497 g/mol. The predicted octanol–water partition coefficient (Wildman–Crippen LogP) is 3.35. The molecule has 0 heterocycles. The minimum atomic E-state index is -0.183.